The van der Waals surface area contributed by atoms with Gasteiger partial charge in [-0.05, 0) is 55.7 Å². The van der Waals surface area contributed by atoms with Crippen molar-refractivity contribution >= 4 is 32.9 Å². The van der Waals surface area contributed by atoms with Crippen LogP contribution >= 0.6 is 11.6 Å². The third-order valence-electron chi connectivity index (χ3n) is 6.29. The number of ketones is 1. The molecule has 0 amide bonds. The number of aryl methyl sites for hydroxylation is 1. The zero-order valence-electron chi connectivity index (χ0n) is 18.6. The summed E-state index contributed by atoms with van der Waals surface area (Å²) in [6.45, 7) is 2.79. The summed E-state index contributed by atoms with van der Waals surface area (Å²) >= 11 is 6.33. The third kappa shape index (κ3) is 4.43. The van der Waals surface area contributed by atoms with Gasteiger partial charge in [-0.15, -0.1) is 0 Å². The predicted octanol–water partition coefficient (Wildman–Crippen LogP) is 5.15. The number of hydrogen-bond acceptors (Lipinski definition) is 4. The van der Waals surface area contributed by atoms with E-state index in [0.717, 1.165) is 42.5 Å². The van der Waals surface area contributed by atoms with E-state index in [-0.39, 0.29) is 21.3 Å². The first-order chi connectivity index (χ1) is 15.9. The molecular weight excluding hydrogens is 458 g/mol. The van der Waals surface area contributed by atoms with E-state index in [9.17, 15) is 13.2 Å². The Bertz CT molecular complexity index is 1350. The molecule has 3 aromatic rings. The topological polar surface area (TPSA) is 82.7 Å². The van der Waals surface area contributed by atoms with Crippen molar-refractivity contribution in [2.24, 2.45) is 0 Å². The molecule has 172 valence electrons. The molecule has 1 aliphatic heterocycles. The van der Waals surface area contributed by atoms with Gasteiger partial charge >= 0.3 is 0 Å². The fourth-order valence-electron chi connectivity index (χ4n) is 4.58. The standard InChI is InChI=1S/C25H26ClN3O3S/c1-18-21(10-8-13-27)29-16-7-4-9-22(29)24(18)25(30)19-11-12-20(26)23(17-19)33(31,32)28-14-5-2-3-6-15-28/h4,7,9,11-12,16-17H,2-3,5-6,8,10,14-15H2,1H3. The monoisotopic (exact) mass is 483 g/mol. The van der Waals surface area contributed by atoms with Crippen molar-refractivity contribution in [3.8, 4) is 6.07 Å². The number of pyridine rings is 1. The van der Waals surface area contributed by atoms with Crippen molar-refractivity contribution in [1.82, 2.24) is 8.71 Å². The smallest absolute Gasteiger partial charge is 0.244 e. The number of carbonyl (C=O) groups excluding carboxylic acids is 1. The molecule has 0 N–H and O–H groups in total. The summed E-state index contributed by atoms with van der Waals surface area (Å²) in [5.74, 6) is -0.261. The number of fused-ring (bicyclic) bond motifs is 1. The molecule has 33 heavy (non-hydrogen) atoms. The number of rotatable bonds is 6. The third-order valence-corrected chi connectivity index (χ3v) is 8.67. The van der Waals surface area contributed by atoms with E-state index in [1.807, 2.05) is 35.7 Å². The first-order valence-electron chi connectivity index (χ1n) is 11.2. The highest BCUT2D eigenvalue weighted by molar-refractivity contribution is 7.89. The summed E-state index contributed by atoms with van der Waals surface area (Å²) in [5, 5.41) is 9.16. The van der Waals surface area contributed by atoms with Crippen LogP contribution in [0.25, 0.3) is 5.52 Å². The molecule has 6 nitrogen and oxygen atoms in total. The van der Waals surface area contributed by atoms with Crippen LogP contribution in [-0.2, 0) is 16.4 Å². The number of sulfonamides is 1. The van der Waals surface area contributed by atoms with Gasteiger partial charge in [0.1, 0.15) is 4.90 Å². The van der Waals surface area contributed by atoms with Crippen molar-refractivity contribution in [3.05, 3.63) is 70.0 Å². The van der Waals surface area contributed by atoms with Crippen LogP contribution in [0.3, 0.4) is 0 Å². The molecule has 0 unspecified atom stereocenters. The Kier molecular flexibility index (Phi) is 6.89. The van der Waals surface area contributed by atoms with Crippen LogP contribution in [0.1, 0.15) is 59.3 Å². The van der Waals surface area contributed by atoms with Crippen molar-refractivity contribution < 1.29 is 13.2 Å². The minimum Gasteiger partial charge on any atom is -0.320 e. The molecule has 0 atom stereocenters. The van der Waals surface area contributed by atoms with Gasteiger partial charge in [0.15, 0.2) is 5.78 Å². The van der Waals surface area contributed by atoms with Crippen molar-refractivity contribution in [2.75, 3.05) is 13.1 Å². The second-order valence-electron chi connectivity index (χ2n) is 8.35. The van der Waals surface area contributed by atoms with Crippen LogP contribution in [-0.4, -0.2) is 36.0 Å². The predicted molar refractivity (Wildman–Crippen MR) is 128 cm³/mol. The average Bonchev–Trinajstić information content (AvgIpc) is 2.96. The van der Waals surface area contributed by atoms with E-state index in [4.69, 9.17) is 16.9 Å². The Morgan fingerprint density at radius 2 is 1.85 bits per heavy atom. The molecule has 1 aromatic carbocycles. The molecule has 4 rings (SSSR count). The number of nitrogens with zero attached hydrogens (tertiary/aromatic N) is 3. The molecule has 0 spiro atoms. The highest BCUT2D eigenvalue weighted by Gasteiger charge is 2.29. The number of hydrogen-bond donors (Lipinski definition) is 0. The lowest BCUT2D eigenvalue weighted by molar-refractivity contribution is 0.103. The van der Waals surface area contributed by atoms with Gasteiger partial charge in [0.25, 0.3) is 0 Å². The Morgan fingerprint density at radius 1 is 1.12 bits per heavy atom. The Labute approximate surface area is 199 Å². The Hall–Kier alpha value is -2.66. The lowest BCUT2D eigenvalue weighted by atomic mass is 9.99. The average molecular weight is 484 g/mol. The van der Waals surface area contributed by atoms with Crippen LogP contribution in [0.4, 0.5) is 0 Å². The van der Waals surface area contributed by atoms with E-state index < -0.39 is 10.0 Å². The second kappa shape index (κ2) is 9.68. The van der Waals surface area contributed by atoms with Crippen molar-refractivity contribution in [2.45, 2.75) is 50.3 Å². The normalized spacial score (nSPS) is 15.3. The molecule has 0 radical (unpaired) electrons. The summed E-state index contributed by atoms with van der Waals surface area (Å²) < 4.78 is 30.2. The van der Waals surface area contributed by atoms with Gasteiger partial charge < -0.3 is 4.40 Å². The fraction of sp³-hybridized carbons (Fsp3) is 0.360. The van der Waals surface area contributed by atoms with Gasteiger partial charge in [-0.25, -0.2) is 8.42 Å². The minimum atomic E-state index is -3.81. The summed E-state index contributed by atoms with van der Waals surface area (Å²) in [6.07, 6.45) is 6.39. The number of benzene rings is 1. The van der Waals surface area contributed by atoms with Crippen LogP contribution in [0.5, 0.6) is 0 Å². The molecule has 1 aliphatic rings. The molecular formula is C25H26ClN3O3S. The van der Waals surface area contributed by atoms with Gasteiger partial charge in [0, 0.05) is 43.4 Å². The molecule has 0 aliphatic carbocycles. The number of nitriles is 1. The van der Waals surface area contributed by atoms with Gasteiger partial charge in [0.05, 0.1) is 22.2 Å². The minimum absolute atomic E-state index is 0.0252. The highest BCUT2D eigenvalue weighted by atomic mass is 35.5. The van der Waals surface area contributed by atoms with Gasteiger partial charge in [0.2, 0.25) is 10.0 Å². The van der Waals surface area contributed by atoms with Crippen LogP contribution in [0, 0.1) is 18.3 Å². The first kappa shape index (κ1) is 23.5. The zero-order valence-corrected chi connectivity index (χ0v) is 20.1. The molecule has 1 saturated heterocycles. The maximum Gasteiger partial charge on any atom is 0.244 e. The molecule has 2 aromatic heterocycles. The maximum absolute atomic E-state index is 13.7. The number of carbonyl (C=O) groups is 1. The largest absolute Gasteiger partial charge is 0.320 e. The lowest BCUT2D eigenvalue weighted by Gasteiger charge is -2.21. The van der Waals surface area contributed by atoms with Gasteiger partial charge in [-0.3, -0.25) is 4.79 Å². The molecule has 1 fully saturated rings. The van der Waals surface area contributed by atoms with Crippen LogP contribution in [0.15, 0.2) is 47.5 Å². The fourth-order valence-corrected chi connectivity index (χ4v) is 6.59. The summed E-state index contributed by atoms with van der Waals surface area (Å²) in [5.41, 5.74) is 3.23. The first-order valence-corrected chi connectivity index (χ1v) is 13.0. The van der Waals surface area contributed by atoms with Crippen LogP contribution < -0.4 is 0 Å². The molecule has 0 saturated carbocycles. The number of aromatic nitrogens is 1. The lowest BCUT2D eigenvalue weighted by Crippen LogP contribution is -2.32. The zero-order chi connectivity index (χ0) is 23.6. The SMILES string of the molecule is Cc1c(C(=O)c2ccc(Cl)c(S(=O)(=O)N3CCCCCC3)c2)c2ccccn2c1CCC#N. The van der Waals surface area contributed by atoms with Crippen molar-refractivity contribution in [3.63, 3.8) is 0 Å². The summed E-state index contributed by atoms with van der Waals surface area (Å²) in [6, 6.07) is 12.2. The molecule has 3 heterocycles. The quantitative estimate of drug-likeness (QED) is 0.454. The van der Waals surface area contributed by atoms with E-state index in [0.29, 0.717) is 31.5 Å². The van der Waals surface area contributed by atoms with E-state index in [1.54, 1.807) is 6.07 Å². The second-order valence-corrected chi connectivity index (χ2v) is 10.7. The van der Waals surface area contributed by atoms with E-state index in [2.05, 4.69) is 6.07 Å². The summed E-state index contributed by atoms with van der Waals surface area (Å²) in [7, 11) is -3.81. The van der Waals surface area contributed by atoms with E-state index in [1.165, 1.54) is 16.4 Å². The Morgan fingerprint density at radius 3 is 2.55 bits per heavy atom. The van der Waals surface area contributed by atoms with Crippen LogP contribution in [0.2, 0.25) is 5.02 Å². The highest BCUT2D eigenvalue weighted by Crippen LogP contribution is 2.31. The Balaban J connectivity index is 1.79. The maximum atomic E-state index is 13.7. The van der Waals surface area contributed by atoms with Gasteiger partial charge in [-0.1, -0.05) is 30.5 Å². The van der Waals surface area contributed by atoms with E-state index >= 15 is 0 Å². The molecule has 0 bridgehead atoms. The molecule has 8 heteroatoms. The van der Waals surface area contributed by atoms with Gasteiger partial charge in [-0.2, -0.15) is 9.57 Å². The van der Waals surface area contributed by atoms with Crippen molar-refractivity contribution in [1.29, 1.82) is 5.26 Å². The summed E-state index contributed by atoms with van der Waals surface area (Å²) in [4.78, 5) is 13.6. The number of halogens is 1.